The van der Waals surface area contributed by atoms with Gasteiger partial charge >= 0.3 is 0 Å². The molecule has 1 saturated carbocycles. The van der Waals surface area contributed by atoms with E-state index in [9.17, 15) is 14.0 Å². The quantitative estimate of drug-likeness (QED) is 0.365. The van der Waals surface area contributed by atoms with Gasteiger partial charge in [0, 0.05) is 12.1 Å². The van der Waals surface area contributed by atoms with Gasteiger partial charge in [-0.3, -0.25) is 14.6 Å². The number of anilines is 4. The van der Waals surface area contributed by atoms with Crippen molar-refractivity contribution in [3.8, 4) is 0 Å². The largest absolute Gasteiger partial charge is 0.459 e. The fourth-order valence-electron chi connectivity index (χ4n) is 3.70. The van der Waals surface area contributed by atoms with Crippen molar-refractivity contribution < 1.29 is 18.4 Å². The molecule has 1 unspecified atom stereocenters. The Bertz CT molecular complexity index is 1150. The molecule has 0 spiro atoms. The van der Waals surface area contributed by atoms with Crippen molar-refractivity contribution >= 4 is 34.8 Å². The number of hydrogen-bond acceptors (Lipinski definition) is 8. The number of carbonyl (C=O) groups is 2. The summed E-state index contributed by atoms with van der Waals surface area (Å²) in [7, 11) is 0. The summed E-state index contributed by atoms with van der Waals surface area (Å²) in [6, 6.07) is 5.49. The van der Waals surface area contributed by atoms with E-state index in [-0.39, 0.29) is 35.0 Å². The topological polar surface area (TPSA) is 161 Å². The molecule has 2 amide bonds. The molecule has 2 atom stereocenters. The van der Waals surface area contributed by atoms with E-state index >= 15 is 0 Å². The Kier molecular flexibility index (Phi) is 6.50. The van der Waals surface area contributed by atoms with Crippen molar-refractivity contribution in [2.75, 3.05) is 16.0 Å². The third-order valence-electron chi connectivity index (χ3n) is 5.39. The maximum Gasteiger partial charge on any atom is 0.291 e. The minimum atomic E-state index is -0.847. The smallest absolute Gasteiger partial charge is 0.291 e. The Labute approximate surface area is 189 Å². The number of amides is 2. The second-order valence-electron chi connectivity index (χ2n) is 7.80. The first-order valence-electron chi connectivity index (χ1n) is 10.5. The van der Waals surface area contributed by atoms with E-state index in [1.165, 1.54) is 24.7 Å². The Hall–Kier alpha value is -3.99. The summed E-state index contributed by atoms with van der Waals surface area (Å²) in [4.78, 5) is 32.5. The number of nitrogens with zero attached hydrogens (tertiary/aromatic N) is 2. The zero-order chi connectivity index (χ0) is 23.4. The molecule has 11 heteroatoms. The average Bonchev–Trinajstić information content (AvgIpc) is 3.33. The lowest BCUT2D eigenvalue weighted by Gasteiger charge is -2.30. The van der Waals surface area contributed by atoms with Gasteiger partial charge in [0.15, 0.2) is 17.4 Å². The van der Waals surface area contributed by atoms with Crippen molar-refractivity contribution in [1.82, 2.24) is 9.97 Å². The van der Waals surface area contributed by atoms with Crippen molar-refractivity contribution in [1.29, 1.82) is 0 Å². The highest BCUT2D eigenvalue weighted by Crippen LogP contribution is 2.27. The van der Waals surface area contributed by atoms with Crippen molar-refractivity contribution in [3.63, 3.8) is 0 Å². The van der Waals surface area contributed by atoms with Gasteiger partial charge in [-0.05, 0) is 37.1 Å². The average molecular weight is 453 g/mol. The first-order chi connectivity index (χ1) is 15.9. The van der Waals surface area contributed by atoms with Crippen LogP contribution >= 0.6 is 0 Å². The summed E-state index contributed by atoms with van der Waals surface area (Å²) >= 11 is 0. The Morgan fingerprint density at radius 1 is 1.12 bits per heavy atom. The third-order valence-corrected chi connectivity index (χ3v) is 5.39. The lowest BCUT2D eigenvalue weighted by molar-refractivity contribution is 0.0990. The van der Waals surface area contributed by atoms with E-state index in [0.717, 1.165) is 31.7 Å². The number of nitrogens with two attached hydrogens (primary N) is 2. The monoisotopic (exact) mass is 453 g/mol. The predicted octanol–water partition coefficient (Wildman–Crippen LogP) is 2.99. The van der Waals surface area contributed by atoms with Crippen molar-refractivity contribution in [2.24, 2.45) is 11.5 Å². The van der Waals surface area contributed by atoms with Gasteiger partial charge in [-0.1, -0.05) is 12.8 Å². The maximum atomic E-state index is 14.7. The standard InChI is InChI=1S/C22H24FN7O3/c23-15-9-14(19(25)31)20(30-21(15)29-17-5-2-1-4-16(17)24)27-12-8-13(11-26-10-12)28-22(32)18-6-3-7-33-18/h3,6-11,16-17H,1-2,4-5,24H2,(H2,25,31)(H,28,32)(H2,27,29,30)/t16-,17?/m0/s1. The van der Waals surface area contributed by atoms with E-state index in [2.05, 4.69) is 25.9 Å². The molecule has 0 bridgehead atoms. The van der Waals surface area contributed by atoms with E-state index in [0.29, 0.717) is 11.4 Å². The molecule has 1 fully saturated rings. The number of carbonyl (C=O) groups excluding carboxylic acids is 2. The van der Waals surface area contributed by atoms with Gasteiger partial charge in [0.1, 0.15) is 5.82 Å². The van der Waals surface area contributed by atoms with Crippen LogP contribution in [0.15, 0.2) is 47.3 Å². The van der Waals surface area contributed by atoms with Crippen LogP contribution in [0.2, 0.25) is 0 Å². The molecule has 1 aliphatic carbocycles. The molecule has 4 rings (SSSR count). The zero-order valence-corrected chi connectivity index (χ0v) is 17.7. The molecule has 0 radical (unpaired) electrons. The molecule has 0 aromatic carbocycles. The number of aromatic nitrogens is 2. The van der Waals surface area contributed by atoms with Crippen LogP contribution in [-0.4, -0.2) is 33.9 Å². The number of hydrogen-bond donors (Lipinski definition) is 5. The first kappa shape index (κ1) is 22.2. The number of furan rings is 1. The number of pyridine rings is 2. The first-order valence-corrected chi connectivity index (χ1v) is 10.5. The van der Waals surface area contributed by atoms with Gasteiger partial charge in [-0.25, -0.2) is 9.37 Å². The molecular formula is C22H24FN7O3. The molecule has 3 aromatic heterocycles. The van der Waals surface area contributed by atoms with Crippen molar-refractivity contribution in [3.05, 3.63) is 60.1 Å². The number of halogens is 1. The second-order valence-corrected chi connectivity index (χ2v) is 7.80. The van der Waals surface area contributed by atoms with Gasteiger partial charge < -0.3 is 31.8 Å². The van der Waals surface area contributed by atoms with Gasteiger partial charge in [0.2, 0.25) is 0 Å². The van der Waals surface area contributed by atoms with Crippen LogP contribution in [0.4, 0.5) is 27.4 Å². The van der Waals surface area contributed by atoms with Crippen LogP contribution in [0.25, 0.3) is 0 Å². The summed E-state index contributed by atoms with van der Waals surface area (Å²) in [5, 5.41) is 8.64. The molecule has 3 aromatic rings. The van der Waals surface area contributed by atoms with Crippen LogP contribution in [-0.2, 0) is 0 Å². The van der Waals surface area contributed by atoms with Crippen LogP contribution < -0.4 is 27.4 Å². The second kappa shape index (κ2) is 9.65. The highest BCUT2D eigenvalue weighted by molar-refractivity contribution is 6.02. The Morgan fingerprint density at radius 3 is 2.64 bits per heavy atom. The highest BCUT2D eigenvalue weighted by Gasteiger charge is 2.24. The summed E-state index contributed by atoms with van der Waals surface area (Å²) < 4.78 is 19.8. The predicted molar refractivity (Wildman–Crippen MR) is 121 cm³/mol. The number of nitrogens with one attached hydrogen (secondary N) is 3. The van der Waals surface area contributed by atoms with E-state index < -0.39 is 17.6 Å². The van der Waals surface area contributed by atoms with Crippen LogP contribution in [0.1, 0.15) is 46.6 Å². The minimum absolute atomic E-state index is 0.0277. The molecule has 0 aliphatic heterocycles. The number of primary amides is 1. The molecule has 1 aliphatic rings. The highest BCUT2D eigenvalue weighted by atomic mass is 19.1. The summed E-state index contributed by atoms with van der Waals surface area (Å²) in [6.07, 6.45) is 7.94. The number of rotatable bonds is 7. The van der Waals surface area contributed by atoms with Gasteiger partial charge in [0.05, 0.1) is 35.6 Å². The summed E-state index contributed by atoms with van der Waals surface area (Å²) in [5.41, 5.74) is 12.2. The van der Waals surface area contributed by atoms with E-state index in [4.69, 9.17) is 15.9 Å². The molecule has 33 heavy (non-hydrogen) atoms. The van der Waals surface area contributed by atoms with Crippen LogP contribution in [0.3, 0.4) is 0 Å². The molecular weight excluding hydrogens is 429 g/mol. The molecule has 10 nitrogen and oxygen atoms in total. The molecule has 3 heterocycles. The fraction of sp³-hybridized carbons (Fsp3) is 0.273. The lowest BCUT2D eigenvalue weighted by Crippen LogP contribution is -2.43. The molecule has 7 N–H and O–H groups in total. The van der Waals surface area contributed by atoms with Gasteiger partial charge in [-0.15, -0.1) is 0 Å². The summed E-state index contributed by atoms with van der Waals surface area (Å²) in [6.45, 7) is 0. The molecule has 0 saturated heterocycles. The normalized spacial score (nSPS) is 17.9. The summed E-state index contributed by atoms with van der Waals surface area (Å²) in [5.74, 6) is -1.84. The maximum absolute atomic E-state index is 14.7. The SMILES string of the molecule is NC(=O)c1cc(F)c(NC2CCCC[C@@H]2N)nc1Nc1cncc(NC(=O)c2ccco2)c1. The minimum Gasteiger partial charge on any atom is -0.459 e. The van der Waals surface area contributed by atoms with Crippen molar-refractivity contribution in [2.45, 2.75) is 37.8 Å². The third kappa shape index (κ3) is 5.26. The fourth-order valence-corrected chi connectivity index (χ4v) is 3.70. The van der Waals surface area contributed by atoms with E-state index in [1.807, 2.05) is 0 Å². The van der Waals surface area contributed by atoms with Gasteiger partial charge in [-0.2, -0.15) is 0 Å². The van der Waals surface area contributed by atoms with Gasteiger partial charge in [0.25, 0.3) is 11.8 Å². The lowest BCUT2D eigenvalue weighted by atomic mass is 9.91. The van der Waals surface area contributed by atoms with E-state index in [1.54, 1.807) is 12.1 Å². The zero-order valence-electron chi connectivity index (χ0n) is 17.7. The van der Waals surface area contributed by atoms with Crippen LogP contribution in [0.5, 0.6) is 0 Å². The Balaban J connectivity index is 1.57. The Morgan fingerprint density at radius 2 is 1.91 bits per heavy atom. The molecule has 172 valence electrons. The van der Waals surface area contributed by atoms with Crippen LogP contribution in [0, 0.1) is 5.82 Å².